The fourth-order valence-corrected chi connectivity index (χ4v) is 4.62. The van der Waals surface area contributed by atoms with Crippen LogP contribution in [0.4, 0.5) is 0 Å². The average Bonchev–Trinajstić information content (AvgIpc) is 2.47. The summed E-state index contributed by atoms with van der Waals surface area (Å²) < 4.78 is 24.3. The molecule has 3 nitrogen and oxygen atoms in total. The van der Waals surface area contributed by atoms with Crippen LogP contribution in [-0.2, 0) is 21.9 Å². The van der Waals surface area contributed by atoms with E-state index in [0.717, 1.165) is 5.56 Å². The van der Waals surface area contributed by atoms with Crippen molar-refractivity contribution < 1.29 is 13.5 Å². The van der Waals surface area contributed by atoms with Crippen LogP contribution in [0.25, 0.3) is 0 Å². The molecular weight excluding hydrogens is 308 g/mol. The quantitative estimate of drug-likeness (QED) is 0.925. The fraction of sp³-hybridized carbons (Fsp3) is 0.250. The monoisotopic (exact) mass is 322 g/mol. The lowest BCUT2D eigenvalue weighted by Gasteiger charge is -2.34. The molecule has 5 heteroatoms. The summed E-state index contributed by atoms with van der Waals surface area (Å²) in [6.45, 7) is 0. The molecular formula is C16H15ClO3S. The summed E-state index contributed by atoms with van der Waals surface area (Å²) >= 11 is 5.87. The predicted octanol–water partition coefficient (Wildman–Crippen LogP) is 2.95. The van der Waals surface area contributed by atoms with Gasteiger partial charge in [0.25, 0.3) is 0 Å². The van der Waals surface area contributed by atoms with Crippen molar-refractivity contribution in [2.75, 3.05) is 5.75 Å². The van der Waals surface area contributed by atoms with Crippen molar-refractivity contribution in [2.24, 2.45) is 0 Å². The number of benzene rings is 2. The fourth-order valence-electron chi connectivity index (χ4n) is 2.79. The van der Waals surface area contributed by atoms with Crippen molar-refractivity contribution in [1.29, 1.82) is 0 Å². The smallest absolute Gasteiger partial charge is 0.178 e. The SMILES string of the molecule is O=S1(=O)CCC(O)(Cc2ccc(Cl)cc2)c2ccccc21. The van der Waals surface area contributed by atoms with Crippen LogP contribution in [0.3, 0.4) is 0 Å². The van der Waals surface area contributed by atoms with E-state index in [9.17, 15) is 13.5 Å². The molecule has 0 amide bonds. The molecule has 3 rings (SSSR count). The van der Waals surface area contributed by atoms with Gasteiger partial charge in [0.15, 0.2) is 9.84 Å². The van der Waals surface area contributed by atoms with Gasteiger partial charge in [-0.05, 0) is 30.2 Å². The highest BCUT2D eigenvalue weighted by molar-refractivity contribution is 7.91. The Hall–Kier alpha value is -1.36. The van der Waals surface area contributed by atoms with Crippen LogP contribution in [0.1, 0.15) is 17.5 Å². The standard InChI is InChI=1S/C16H15ClO3S/c17-13-7-5-12(6-8-13)11-16(18)9-10-21(19,20)15-4-2-1-3-14(15)16/h1-8,18H,9-11H2. The van der Waals surface area contributed by atoms with E-state index >= 15 is 0 Å². The van der Waals surface area contributed by atoms with E-state index in [-0.39, 0.29) is 17.1 Å². The third-order valence-electron chi connectivity index (χ3n) is 3.92. The second-order valence-corrected chi connectivity index (χ2v) is 7.91. The topological polar surface area (TPSA) is 54.4 Å². The van der Waals surface area contributed by atoms with E-state index in [1.165, 1.54) is 0 Å². The lowest BCUT2D eigenvalue weighted by Crippen LogP contribution is -2.37. The van der Waals surface area contributed by atoms with Gasteiger partial charge in [-0.25, -0.2) is 8.42 Å². The molecule has 1 aliphatic rings. The van der Waals surface area contributed by atoms with Crippen molar-refractivity contribution in [2.45, 2.75) is 23.3 Å². The van der Waals surface area contributed by atoms with Gasteiger partial charge in [0.05, 0.1) is 16.2 Å². The van der Waals surface area contributed by atoms with Gasteiger partial charge in [-0.3, -0.25) is 0 Å². The molecule has 0 saturated heterocycles. The summed E-state index contributed by atoms with van der Waals surface area (Å²) in [6, 6.07) is 13.9. The highest BCUT2D eigenvalue weighted by Crippen LogP contribution is 2.39. The van der Waals surface area contributed by atoms with Crippen molar-refractivity contribution in [3.8, 4) is 0 Å². The van der Waals surface area contributed by atoms with Crippen molar-refractivity contribution in [1.82, 2.24) is 0 Å². The number of rotatable bonds is 2. The first kappa shape index (κ1) is 14.6. The Labute approximate surface area is 129 Å². The van der Waals surface area contributed by atoms with E-state index in [0.29, 0.717) is 17.0 Å². The minimum absolute atomic E-state index is 0.0336. The maximum atomic E-state index is 12.1. The van der Waals surface area contributed by atoms with Gasteiger partial charge in [-0.2, -0.15) is 0 Å². The average molecular weight is 323 g/mol. The van der Waals surface area contributed by atoms with Crippen LogP contribution in [0.2, 0.25) is 5.02 Å². The van der Waals surface area contributed by atoms with Gasteiger partial charge in [0, 0.05) is 17.0 Å². The lowest BCUT2D eigenvalue weighted by atomic mass is 9.84. The number of hydrogen-bond donors (Lipinski definition) is 1. The lowest BCUT2D eigenvalue weighted by molar-refractivity contribution is 0.0283. The summed E-state index contributed by atoms with van der Waals surface area (Å²) in [6.07, 6.45) is 0.575. The second-order valence-electron chi connectivity index (χ2n) is 5.40. The molecule has 110 valence electrons. The second kappa shape index (κ2) is 5.13. The Balaban J connectivity index is 2.04. The molecule has 21 heavy (non-hydrogen) atoms. The Bertz CT molecular complexity index is 768. The first-order valence-electron chi connectivity index (χ1n) is 6.70. The van der Waals surface area contributed by atoms with E-state index in [2.05, 4.69) is 0 Å². The minimum Gasteiger partial charge on any atom is -0.385 e. The summed E-state index contributed by atoms with van der Waals surface area (Å²) in [5.74, 6) is -0.0336. The van der Waals surface area contributed by atoms with Crippen molar-refractivity contribution >= 4 is 21.4 Å². The predicted molar refractivity (Wildman–Crippen MR) is 82.2 cm³/mol. The molecule has 0 spiro atoms. The molecule has 0 aromatic heterocycles. The van der Waals surface area contributed by atoms with Gasteiger partial charge >= 0.3 is 0 Å². The Morgan fingerprint density at radius 1 is 1.10 bits per heavy atom. The van der Waals surface area contributed by atoms with E-state index < -0.39 is 15.4 Å². The van der Waals surface area contributed by atoms with Crippen LogP contribution < -0.4 is 0 Å². The molecule has 1 atom stereocenters. The molecule has 1 unspecified atom stereocenters. The number of sulfone groups is 1. The largest absolute Gasteiger partial charge is 0.385 e. The molecule has 0 radical (unpaired) electrons. The third kappa shape index (κ3) is 2.71. The van der Waals surface area contributed by atoms with E-state index in [1.807, 2.05) is 12.1 Å². The minimum atomic E-state index is -3.29. The van der Waals surface area contributed by atoms with Crippen molar-refractivity contribution in [3.63, 3.8) is 0 Å². The van der Waals surface area contributed by atoms with E-state index in [4.69, 9.17) is 11.6 Å². The van der Waals surface area contributed by atoms with Crippen LogP contribution in [0, 0.1) is 0 Å². The van der Waals surface area contributed by atoms with Crippen LogP contribution >= 0.6 is 11.6 Å². The molecule has 0 aliphatic carbocycles. The Kier molecular flexibility index (Phi) is 3.56. The van der Waals surface area contributed by atoms with Gasteiger partial charge in [0.1, 0.15) is 0 Å². The van der Waals surface area contributed by atoms with Gasteiger partial charge in [-0.1, -0.05) is 41.9 Å². The zero-order chi connectivity index (χ0) is 15.1. The Morgan fingerprint density at radius 2 is 1.76 bits per heavy atom. The first-order valence-corrected chi connectivity index (χ1v) is 8.73. The number of aliphatic hydroxyl groups is 1. The molecule has 1 N–H and O–H groups in total. The maximum absolute atomic E-state index is 12.1. The molecule has 1 aliphatic heterocycles. The van der Waals surface area contributed by atoms with Crippen LogP contribution in [0.15, 0.2) is 53.4 Å². The summed E-state index contributed by atoms with van der Waals surface area (Å²) in [4.78, 5) is 0.243. The maximum Gasteiger partial charge on any atom is 0.178 e. The van der Waals surface area contributed by atoms with Crippen LogP contribution in [-0.4, -0.2) is 19.3 Å². The normalized spacial score (nSPS) is 23.5. The molecule has 2 aromatic carbocycles. The Morgan fingerprint density at radius 3 is 2.48 bits per heavy atom. The zero-order valence-electron chi connectivity index (χ0n) is 11.3. The van der Waals surface area contributed by atoms with E-state index in [1.54, 1.807) is 36.4 Å². The summed E-state index contributed by atoms with van der Waals surface area (Å²) in [5, 5.41) is 11.6. The molecule has 0 bridgehead atoms. The highest BCUT2D eigenvalue weighted by Gasteiger charge is 2.40. The first-order chi connectivity index (χ1) is 9.91. The summed E-state index contributed by atoms with van der Waals surface area (Å²) in [7, 11) is -3.29. The third-order valence-corrected chi connectivity index (χ3v) is 5.94. The summed E-state index contributed by atoms with van der Waals surface area (Å²) in [5.41, 5.74) is 0.262. The van der Waals surface area contributed by atoms with Crippen LogP contribution in [0.5, 0.6) is 0 Å². The number of hydrogen-bond acceptors (Lipinski definition) is 3. The molecule has 2 aromatic rings. The number of fused-ring (bicyclic) bond motifs is 1. The van der Waals surface area contributed by atoms with Gasteiger partial charge < -0.3 is 5.11 Å². The molecule has 0 saturated carbocycles. The number of halogens is 1. The molecule has 0 fully saturated rings. The molecule has 1 heterocycles. The van der Waals surface area contributed by atoms with Gasteiger partial charge in [-0.15, -0.1) is 0 Å². The highest BCUT2D eigenvalue weighted by atomic mass is 35.5. The van der Waals surface area contributed by atoms with Crippen molar-refractivity contribution in [3.05, 3.63) is 64.7 Å². The zero-order valence-corrected chi connectivity index (χ0v) is 12.9. The van der Waals surface area contributed by atoms with Gasteiger partial charge in [0.2, 0.25) is 0 Å².